The van der Waals surface area contributed by atoms with Crippen LogP contribution in [-0.2, 0) is 11.2 Å². The van der Waals surface area contributed by atoms with Crippen molar-refractivity contribution in [2.75, 3.05) is 31.2 Å². The molecule has 0 aliphatic carbocycles. The lowest BCUT2D eigenvalue weighted by atomic mass is 9.88. The van der Waals surface area contributed by atoms with Crippen molar-refractivity contribution in [1.82, 2.24) is 4.98 Å². The Bertz CT molecular complexity index is 365. The summed E-state index contributed by atoms with van der Waals surface area (Å²) in [5.41, 5.74) is 1.64. The molecule has 0 spiro atoms. The van der Waals surface area contributed by atoms with Crippen molar-refractivity contribution in [1.29, 1.82) is 0 Å². The van der Waals surface area contributed by atoms with Gasteiger partial charge in [0.15, 0.2) is 0 Å². The first kappa shape index (κ1) is 12.4. The first-order valence-electron chi connectivity index (χ1n) is 6.33. The van der Waals surface area contributed by atoms with Gasteiger partial charge in [-0.05, 0) is 23.5 Å². The van der Waals surface area contributed by atoms with Crippen molar-refractivity contribution in [2.24, 2.45) is 5.41 Å². The summed E-state index contributed by atoms with van der Waals surface area (Å²) in [6.07, 6.45) is 2.95. The third-order valence-electron chi connectivity index (χ3n) is 2.90. The minimum absolute atomic E-state index is 0.296. The summed E-state index contributed by atoms with van der Waals surface area (Å²) in [7, 11) is 0. The van der Waals surface area contributed by atoms with E-state index in [4.69, 9.17) is 4.74 Å². The summed E-state index contributed by atoms with van der Waals surface area (Å²) in [4.78, 5) is 6.89. The Morgan fingerprint density at radius 1 is 1.29 bits per heavy atom. The van der Waals surface area contributed by atoms with Crippen LogP contribution in [0.15, 0.2) is 18.3 Å². The maximum absolute atomic E-state index is 5.39. The molecule has 0 unspecified atom stereocenters. The van der Waals surface area contributed by atoms with Gasteiger partial charge in [0.1, 0.15) is 5.82 Å². The van der Waals surface area contributed by atoms with Gasteiger partial charge < -0.3 is 9.64 Å². The molecule has 0 N–H and O–H groups in total. The zero-order valence-electron chi connectivity index (χ0n) is 11.1. The fourth-order valence-corrected chi connectivity index (χ4v) is 2.20. The van der Waals surface area contributed by atoms with Crippen LogP contribution in [0.5, 0.6) is 0 Å². The molecule has 17 heavy (non-hydrogen) atoms. The van der Waals surface area contributed by atoms with Crippen LogP contribution in [-0.4, -0.2) is 31.3 Å². The minimum Gasteiger partial charge on any atom is -0.378 e. The first-order valence-corrected chi connectivity index (χ1v) is 6.33. The van der Waals surface area contributed by atoms with Crippen molar-refractivity contribution in [2.45, 2.75) is 27.2 Å². The Labute approximate surface area is 104 Å². The second-order valence-corrected chi connectivity index (χ2v) is 5.82. The molecule has 1 aromatic rings. The Balaban J connectivity index is 2.20. The van der Waals surface area contributed by atoms with Crippen LogP contribution < -0.4 is 4.90 Å². The number of ether oxygens (including phenoxy) is 1. The average molecular weight is 234 g/mol. The Morgan fingerprint density at radius 2 is 2.00 bits per heavy atom. The number of nitrogens with zero attached hydrogens (tertiary/aromatic N) is 2. The molecular weight excluding hydrogens is 212 g/mol. The lowest BCUT2D eigenvalue weighted by Gasteiger charge is -2.30. The molecule has 1 aromatic heterocycles. The summed E-state index contributed by atoms with van der Waals surface area (Å²) < 4.78 is 5.39. The molecule has 0 bridgehead atoms. The summed E-state index contributed by atoms with van der Waals surface area (Å²) >= 11 is 0. The van der Waals surface area contributed by atoms with Gasteiger partial charge in [-0.25, -0.2) is 4.98 Å². The molecule has 2 rings (SSSR count). The molecule has 1 aliphatic rings. The van der Waals surface area contributed by atoms with Gasteiger partial charge in [0.05, 0.1) is 13.2 Å². The molecule has 0 amide bonds. The monoisotopic (exact) mass is 234 g/mol. The Hall–Kier alpha value is -1.09. The highest BCUT2D eigenvalue weighted by Crippen LogP contribution is 2.26. The lowest BCUT2D eigenvalue weighted by molar-refractivity contribution is 0.122. The molecule has 94 valence electrons. The number of hydrogen-bond acceptors (Lipinski definition) is 3. The molecule has 2 heterocycles. The molecule has 0 radical (unpaired) electrons. The van der Waals surface area contributed by atoms with E-state index in [1.165, 1.54) is 5.56 Å². The smallest absolute Gasteiger partial charge is 0.131 e. The Morgan fingerprint density at radius 3 is 2.65 bits per heavy atom. The van der Waals surface area contributed by atoms with E-state index in [2.05, 4.69) is 36.7 Å². The number of rotatable bonds is 2. The molecule has 0 saturated carbocycles. The number of pyridine rings is 1. The van der Waals surface area contributed by atoms with Crippen LogP contribution in [0.4, 0.5) is 5.82 Å². The third kappa shape index (κ3) is 3.43. The summed E-state index contributed by atoms with van der Waals surface area (Å²) in [6, 6.07) is 4.23. The second kappa shape index (κ2) is 5.05. The van der Waals surface area contributed by atoms with E-state index in [9.17, 15) is 0 Å². The van der Waals surface area contributed by atoms with Gasteiger partial charge in [0.25, 0.3) is 0 Å². The van der Waals surface area contributed by atoms with Crippen LogP contribution in [0, 0.1) is 5.41 Å². The van der Waals surface area contributed by atoms with E-state index in [0.717, 1.165) is 38.5 Å². The van der Waals surface area contributed by atoms with E-state index in [-0.39, 0.29) is 0 Å². The molecule has 1 fully saturated rings. The highest BCUT2D eigenvalue weighted by Gasteiger charge is 2.19. The van der Waals surface area contributed by atoms with Crippen molar-refractivity contribution in [3.63, 3.8) is 0 Å². The SMILES string of the molecule is CC(C)(C)Cc1cccnc1N1CCOCC1. The molecule has 0 aromatic carbocycles. The maximum atomic E-state index is 5.39. The van der Waals surface area contributed by atoms with Gasteiger partial charge in [0.2, 0.25) is 0 Å². The highest BCUT2D eigenvalue weighted by atomic mass is 16.5. The molecule has 3 nitrogen and oxygen atoms in total. The van der Waals surface area contributed by atoms with E-state index in [1.54, 1.807) is 0 Å². The van der Waals surface area contributed by atoms with Crippen LogP contribution in [0.2, 0.25) is 0 Å². The number of hydrogen-bond donors (Lipinski definition) is 0. The summed E-state index contributed by atoms with van der Waals surface area (Å²) in [6.45, 7) is 10.3. The standard InChI is InChI=1S/C14H22N2O/c1-14(2,3)11-12-5-4-6-15-13(12)16-7-9-17-10-8-16/h4-6H,7-11H2,1-3H3. The first-order chi connectivity index (χ1) is 8.06. The molecule has 0 atom stereocenters. The molecule has 1 aliphatic heterocycles. The number of anilines is 1. The Kier molecular flexibility index (Phi) is 3.67. The van der Waals surface area contributed by atoms with E-state index in [0.29, 0.717) is 5.41 Å². The van der Waals surface area contributed by atoms with Crippen LogP contribution >= 0.6 is 0 Å². The number of aromatic nitrogens is 1. The zero-order valence-corrected chi connectivity index (χ0v) is 11.1. The van der Waals surface area contributed by atoms with Gasteiger partial charge >= 0.3 is 0 Å². The summed E-state index contributed by atoms with van der Waals surface area (Å²) in [5, 5.41) is 0. The predicted molar refractivity (Wildman–Crippen MR) is 70.4 cm³/mol. The van der Waals surface area contributed by atoms with Crippen molar-refractivity contribution >= 4 is 5.82 Å². The molecule has 1 saturated heterocycles. The van der Waals surface area contributed by atoms with Crippen molar-refractivity contribution in [3.05, 3.63) is 23.9 Å². The van der Waals surface area contributed by atoms with Gasteiger partial charge in [0, 0.05) is 19.3 Å². The number of morpholine rings is 1. The van der Waals surface area contributed by atoms with Gasteiger partial charge in [-0.15, -0.1) is 0 Å². The van der Waals surface area contributed by atoms with Gasteiger partial charge in [-0.1, -0.05) is 26.8 Å². The van der Waals surface area contributed by atoms with Crippen molar-refractivity contribution in [3.8, 4) is 0 Å². The third-order valence-corrected chi connectivity index (χ3v) is 2.90. The normalized spacial score (nSPS) is 17.2. The van der Waals surface area contributed by atoms with Crippen LogP contribution in [0.1, 0.15) is 26.3 Å². The fraction of sp³-hybridized carbons (Fsp3) is 0.643. The maximum Gasteiger partial charge on any atom is 0.131 e. The largest absolute Gasteiger partial charge is 0.378 e. The van der Waals surface area contributed by atoms with Crippen LogP contribution in [0.25, 0.3) is 0 Å². The van der Waals surface area contributed by atoms with Gasteiger partial charge in [-0.3, -0.25) is 0 Å². The second-order valence-electron chi connectivity index (χ2n) is 5.82. The zero-order chi connectivity index (χ0) is 12.3. The highest BCUT2D eigenvalue weighted by molar-refractivity contribution is 5.47. The van der Waals surface area contributed by atoms with Crippen LogP contribution in [0.3, 0.4) is 0 Å². The van der Waals surface area contributed by atoms with E-state index < -0.39 is 0 Å². The van der Waals surface area contributed by atoms with E-state index >= 15 is 0 Å². The lowest BCUT2D eigenvalue weighted by Crippen LogP contribution is -2.37. The minimum atomic E-state index is 0.296. The predicted octanol–water partition coefficient (Wildman–Crippen LogP) is 2.51. The quantitative estimate of drug-likeness (QED) is 0.786. The van der Waals surface area contributed by atoms with E-state index in [1.807, 2.05) is 12.3 Å². The van der Waals surface area contributed by atoms with Crippen molar-refractivity contribution < 1.29 is 4.74 Å². The van der Waals surface area contributed by atoms with Gasteiger partial charge in [-0.2, -0.15) is 0 Å². The fourth-order valence-electron chi connectivity index (χ4n) is 2.20. The topological polar surface area (TPSA) is 25.4 Å². The average Bonchev–Trinajstić information content (AvgIpc) is 2.29. The summed E-state index contributed by atoms with van der Waals surface area (Å²) in [5.74, 6) is 1.14. The molecule has 3 heteroatoms. The molecular formula is C14H22N2O.